The van der Waals surface area contributed by atoms with Gasteiger partial charge in [-0.25, -0.2) is 4.79 Å². The van der Waals surface area contributed by atoms with Crippen LogP contribution in [0, 0.1) is 24.7 Å². The maximum Gasteiger partial charge on any atom is 0.318 e. The number of aromatic nitrogens is 1. The Bertz CT molecular complexity index is 1080. The molecule has 5 aliphatic rings. The largest absolute Gasteiger partial charge is 0.348 e. The Hall–Kier alpha value is -2.76. The molecule has 192 valence electrons. The van der Waals surface area contributed by atoms with Gasteiger partial charge in [0.25, 0.3) is 0 Å². The molecule has 1 unspecified atom stereocenters. The molecule has 1 N–H and O–H groups in total. The normalized spacial score (nSPS) is 30.2. The monoisotopic (exact) mass is 488 g/mol. The maximum absolute atomic E-state index is 13.8. The second-order valence-corrected chi connectivity index (χ2v) is 12.1. The van der Waals surface area contributed by atoms with E-state index in [0.717, 1.165) is 61.2 Å². The van der Waals surface area contributed by atoms with Crippen molar-refractivity contribution in [1.82, 2.24) is 19.7 Å². The zero-order chi connectivity index (χ0) is 24.9. The maximum atomic E-state index is 13.8. The van der Waals surface area contributed by atoms with Crippen molar-refractivity contribution in [3.05, 3.63) is 59.4 Å². The zero-order valence-electron chi connectivity index (χ0n) is 21.8. The topological polar surface area (TPSA) is 57.6 Å². The summed E-state index contributed by atoms with van der Waals surface area (Å²) in [5, 5.41) is 3.49. The van der Waals surface area contributed by atoms with Crippen molar-refractivity contribution in [1.29, 1.82) is 0 Å². The second-order valence-electron chi connectivity index (χ2n) is 12.1. The van der Waals surface area contributed by atoms with Crippen LogP contribution in [0.25, 0.3) is 0 Å². The summed E-state index contributed by atoms with van der Waals surface area (Å²) in [5.74, 6) is 2.36. The molecule has 4 fully saturated rings. The molecular weight excluding hydrogens is 448 g/mol. The standard InChI is InChI=1S/C30H40N4O2/c1-3-10-33(29(36)31-30-17-22-14-23(18-30)16-24(15-22)19-30)20-27(35)34-13-12-32-11-4-5-26(32)28(34)25-8-6-21(2)7-9-25/h4-9,11,22-24,28H,3,10,12-20H2,1-2H3,(H,31,36). The van der Waals surface area contributed by atoms with Crippen molar-refractivity contribution in [3.8, 4) is 0 Å². The van der Waals surface area contributed by atoms with Crippen molar-refractivity contribution in [3.63, 3.8) is 0 Å². The van der Waals surface area contributed by atoms with Crippen LogP contribution in [0.2, 0.25) is 0 Å². The van der Waals surface area contributed by atoms with E-state index in [1.54, 1.807) is 4.90 Å². The third-order valence-corrected chi connectivity index (χ3v) is 9.27. The molecule has 1 aliphatic heterocycles. The Labute approximate surface area is 215 Å². The van der Waals surface area contributed by atoms with Gasteiger partial charge in [-0.05, 0) is 87.3 Å². The van der Waals surface area contributed by atoms with E-state index in [-0.39, 0.29) is 30.1 Å². The van der Waals surface area contributed by atoms with E-state index in [4.69, 9.17) is 0 Å². The van der Waals surface area contributed by atoms with Crippen LogP contribution in [0.1, 0.15) is 74.7 Å². The first-order valence-corrected chi connectivity index (χ1v) is 14.0. The number of nitrogens with zero attached hydrogens (tertiary/aromatic N) is 3. The van der Waals surface area contributed by atoms with E-state index in [0.29, 0.717) is 13.1 Å². The predicted octanol–water partition coefficient (Wildman–Crippen LogP) is 5.12. The van der Waals surface area contributed by atoms with E-state index < -0.39 is 0 Å². The fourth-order valence-corrected chi connectivity index (χ4v) is 8.10. The number of hydrogen-bond donors (Lipinski definition) is 1. The number of hydrogen-bond acceptors (Lipinski definition) is 2. The number of rotatable bonds is 6. The fraction of sp³-hybridized carbons (Fsp3) is 0.600. The Morgan fingerprint density at radius 3 is 2.31 bits per heavy atom. The molecule has 1 atom stereocenters. The number of amides is 3. The highest BCUT2D eigenvalue weighted by atomic mass is 16.2. The molecule has 6 nitrogen and oxygen atoms in total. The van der Waals surface area contributed by atoms with Crippen LogP contribution in [0.15, 0.2) is 42.6 Å². The molecule has 4 aliphatic carbocycles. The molecule has 3 amide bonds. The highest BCUT2D eigenvalue weighted by Gasteiger charge is 2.52. The average Bonchev–Trinajstić information content (AvgIpc) is 3.31. The molecule has 0 saturated heterocycles. The van der Waals surface area contributed by atoms with Crippen LogP contribution >= 0.6 is 0 Å². The number of urea groups is 1. The van der Waals surface area contributed by atoms with Gasteiger partial charge in [-0.1, -0.05) is 36.8 Å². The highest BCUT2D eigenvalue weighted by Crippen LogP contribution is 2.55. The van der Waals surface area contributed by atoms with Crippen molar-refractivity contribution in [2.75, 3.05) is 19.6 Å². The van der Waals surface area contributed by atoms with Gasteiger partial charge in [0.1, 0.15) is 6.54 Å². The predicted molar refractivity (Wildman–Crippen MR) is 140 cm³/mol. The first-order valence-electron chi connectivity index (χ1n) is 14.0. The number of carbonyl (C=O) groups is 2. The summed E-state index contributed by atoms with van der Waals surface area (Å²) >= 11 is 0. The van der Waals surface area contributed by atoms with Crippen molar-refractivity contribution in [2.24, 2.45) is 17.8 Å². The molecule has 0 spiro atoms. The quantitative estimate of drug-likeness (QED) is 0.614. The van der Waals surface area contributed by atoms with Crippen molar-refractivity contribution in [2.45, 2.75) is 76.9 Å². The highest BCUT2D eigenvalue weighted by molar-refractivity contribution is 5.85. The molecular formula is C30H40N4O2. The SMILES string of the molecule is CCCN(CC(=O)N1CCn2cccc2C1c1ccc(C)cc1)C(=O)NC12CC3CC(CC(C3)C1)C2. The number of nitrogens with one attached hydrogen (secondary N) is 1. The van der Waals surface area contributed by atoms with Gasteiger partial charge in [-0.3, -0.25) is 4.79 Å². The summed E-state index contributed by atoms with van der Waals surface area (Å²) in [6.07, 6.45) is 10.4. The van der Waals surface area contributed by atoms with Gasteiger partial charge in [0.2, 0.25) is 5.91 Å². The van der Waals surface area contributed by atoms with Crippen LogP contribution in [0.4, 0.5) is 4.79 Å². The van der Waals surface area contributed by atoms with E-state index in [1.807, 2.05) is 4.90 Å². The van der Waals surface area contributed by atoms with Gasteiger partial charge in [0.05, 0.1) is 6.04 Å². The summed E-state index contributed by atoms with van der Waals surface area (Å²) in [6.45, 7) is 6.33. The summed E-state index contributed by atoms with van der Waals surface area (Å²) in [4.78, 5) is 31.2. The second kappa shape index (κ2) is 9.28. The Kier molecular flexibility index (Phi) is 6.09. The van der Waals surface area contributed by atoms with Gasteiger partial charge in [-0.2, -0.15) is 0 Å². The van der Waals surface area contributed by atoms with Crippen molar-refractivity contribution >= 4 is 11.9 Å². The lowest BCUT2D eigenvalue weighted by atomic mass is 9.53. The number of aryl methyl sites for hydroxylation is 1. The smallest absolute Gasteiger partial charge is 0.318 e. The van der Waals surface area contributed by atoms with Gasteiger partial charge < -0.3 is 19.7 Å². The van der Waals surface area contributed by atoms with E-state index in [2.05, 4.69) is 66.3 Å². The molecule has 2 heterocycles. The Balaban J connectivity index is 1.20. The molecule has 4 bridgehead atoms. The fourth-order valence-electron chi connectivity index (χ4n) is 8.10. The van der Waals surface area contributed by atoms with Crippen molar-refractivity contribution < 1.29 is 9.59 Å². The summed E-state index contributed by atoms with van der Waals surface area (Å²) < 4.78 is 2.25. The lowest BCUT2D eigenvalue weighted by Crippen LogP contribution is -2.62. The van der Waals surface area contributed by atoms with Crippen LogP contribution in [0.3, 0.4) is 0 Å². The van der Waals surface area contributed by atoms with E-state index in [1.165, 1.54) is 24.8 Å². The molecule has 0 radical (unpaired) electrons. The molecule has 2 aromatic rings. The third-order valence-electron chi connectivity index (χ3n) is 9.27. The molecule has 4 saturated carbocycles. The first-order chi connectivity index (χ1) is 17.4. The van der Waals surface area contributed by atoms with Crippen LogP contribution in [-0.4, -0.2) is 51.5 Å². The number of benzene rings is 1. The Morgan fingerprint density at radius 1 is 1.00 bits per heavy atom. The van der Waals surface area contributed by atoms with Gasteiger partial charge in [0.15, 0.2) is 0 Å². The zero-order valence-corrected chi connectivity index (χ0v) is 21.8. The Morgan fingerprint density at radius 2 is 1.67 bits per heavy atom. The minimum Gasteiger partial charge on any atom is -0.348 e. The third kappa shape index (κ3) is 4.33. The molecule has 1 aromatic carbocycles. The number of carbonyl (C=O) groups excluding carboxylic acids is 2. The minimum absolute atomic E-state index is 0.0298. The van der Waals surface area contributed by atoms with E-state index in [9.17, 15) is 9.59 Å². The first kappa shape index (κ1) is 23.6. The van der Waals surface area contributed by atoms with Crippen LogP contribution < -0.4 is 5.32 Å². The summed E-state index contributed by atoms with van der Waals surface area (Å²) in [5.41, 5.74) is 3.42. The molecule has 36 heavy (non-hydrogen) atoms. The van der Waals surface area contributed by atoms with Gasteiger partial charge in [-0.15, -0.1) is 0 Å². The average molecular weight is 489 g/mol. The molecule has 6 heteroatoms. The van der Waals surface area contributed by atoms with Gasteiger partial charge >= 0.3 is 6.03 Å². The lowest BCUT2D eigenvalue weighted by Gasteiger charge is -2.57. The summed E-state index contributed by atoms with van der Waals surface area (Å²) in [7, 11) is 0. The van der Waals surface area contributed by atoms with Crippen LogP contribution in [-0.2, 0) is 11.3 Å². The van der Waals surface area contributed by atoms with Crippen LogP contribution in [0.5, 0.6) is 0 Å². The molecule has 1 aromatic heterocycles. The van der Waals surface area contributed by atoms with Gasteiger partial charge in [0, 0.05) is 37.1 Å². The molecule has 7 rings (SSSR count). The minimum atomic E-state index is -0.128. The summed E-state index contributed by atoms with van der Waals surface area (Å²) in [6, 6.07) is 12.5. The lowest BCUT2D eigenvalue weighted by molar-refractivity contribution is -0.134. The number of fused-ring (bicyclic) bond motifs is 1. The van der Waals surface area contributed by atoms with E-state index >= 15 is 0 Å².